The van der Waals surface area contributed by atoms with E-state index >= 15 is 0 Å². The van der Waals surface area contributed by atoms with E-state index in [4.69, 9.17) is 4.74 Å². The molecule has 0 radical (unpaired) electrons. The Kier molecular flexibility index (Phi) is 5.26. The van der Waals surface area contributed by atoms with Crippen molar-refractivity contribution in [1.29, 1.82) is 0 Å². The molecule has 0 aromatic carbocycles. The minimum Gasteiger partial charge on any atom is -0.465 e. The number of carbonyl (C=O) groups excluding carboxylic acids is 1. The summed E-state index contributed by atoms with van der Waals surface area (Å²) in [5.74, 6) is 0.247. The van der Waals surface area contributed by atoms with Crippen LogP contribution in [0.1, 0.15) is 12.0 Å². The van der Waals surface area contributed by atoms with Crippen LogP contribution in [0.2, 0.25) is 0 Å². The molecule has 2 heterocycles. The van der Waals surface area contributed by atoms with Gasteiger partial charge in [-0.15, -0.1) is 5.56 Å². The van der Waals surface area contributed by atoms with Crippen LogP contribution >= 0.6 is 0 Å². The van der Waals surface area contributed by atoms with Crippen LogP contribution in [0.3, 0.4) is 0 Å². The molecule has 1 aromatic heterocycles. The molecule has 4 heteroatoms. The van der Waals surface area contributed by atoms with E-state index in [9.17, 15) is 4.79 Å². The summed E-state index contributed by atoms with van der Waals surface area (Å²) in [6.07, 6.45) is 5.91. The first kappa shape index (κ1) is 12.3. The molecule has 14 heavy (non-hydrogen) atoms. The Bertz CT molecular complexity index is 302. The van der Waals surface area contributed by atoms with Crippen molar-refractivity contribution in [2.24, 2.45) is 5.92 Å². The largest absolute Gasteiger partial charge is 1.00 e. The number of cyclic esters (lactones) is 1. The van der Waals surface area contributed by atoms with Gasteiger partial charge in [-0.05, 0) is 6.42 Å². The topological polar surface area (TPSA) is 39.2 Å². The van der Waals surface area contributed by atoms with Gasteiger partial charge in [0.05, 0.1) is 13.0 Å². The molecule has 0 N–H and O–H groups in total. The van der Waals surface area contributed by atoms with Crippen molar-refractivity contribution in [2.45, 2.75) is 12.8 Å². The third-order valence-electron chi connectivity index (χ3n) is 2.14. The number of nitrogens with zero attached hydrogens (tertiary/aromatic N) is 1. The van der Waals surface area contributed by atoms with Gasteiger partial charge >= 0.3 is 57.4 Å². The second-order valence-corrected chi connectivity index (χ2v) is 3.25. The van der Waals surface area contributed by atoms with Gasteiger partial charge in [-0.1, -0.05) is 12.4 Å². The van der Waals surface area contributed by atoms with Crippen LogP contribution in [0.4, 0.5) is 0 Å². The molecule has 0 spiro atoms. The fraction of sp³-hybridized carbons (Fsp3) is 0.400. The molecule has 1 saturated heterocycles. The molecule has 68 valence electrons. The van der Waals surface area contributed by atoms with Crippen molar-refractivity contribution >= 4 is 5.97 Å². The van der Waals surface area contributed by atoms with E-state index in [2.05, 4.69) is 11.2 Å². The van der Waals surface area contributed by atoms with Crippen LogP contribution in [-0.4, -0.2) is 17.6 Å². The molecule has 3 nitrogen and oxygen atoms in total. The minimum absolute atomic E-state index is 0. The molecule has 2 rings (SSSR count). The standard InChI is InChI=1S/C10H10NO2.K/c12-10-5-9(7-13-10)4-8-2-1-3-11-6-8;/h1-2,6,9H,4-5,7H2;/q-1;+1. The summed E-state index contributed by atoms with van der Waals surface area (Å²) < 4.78 is 4.87. The Hall–Kier alpha value is 0.256. The summed E-state index contributed by atoms with van der Waals surface area (Å²) in [6.45, 7) is 0.553. The first-order chi connectivity index (χ1) is 6.34. The monoisotopic (exact) mass is 215 g/mol. The Morgan fingerprint density at radius 1 is 1.64 bits per heavy atom. The van der Waals surface area contributed by atoms with Gasteiger partial charge < -0.3 is 9.72 Å². The van der Waals surface area contributed by atoms with Crippen LogP contribution in [0.15, 0.2) is 18.3 Å². The van der Waals surface area contributed by atoms with E-state index in [1.54, 1.807) is 12.3 Å². The zero-order valence-corrected chi connectivity index (χ0v) is 11.3. The smallest absolute Gasteiger partial charge is 0.465 e. The van der Waals surface area contributed by atoms with E-state index in [-0.39, 0.29) is 57.4 Å². The maximum Gasteiger partial charge on any atom is 1.00 e. The van der Waals surface area contributed by atoms with Crippen LogP contribution < -0.4 is 51.4 Å². The number of hydrogen-bond acceptors (Lipinski definition) is 3. The summed E-state index contributed by atoms with van der Waals surface area (Å²) in [6, 6.07) is 3.75. The Morgan fingerprint density at radius 2 is 2.50 bits per heavy atom. The van der Waals surface area contributed by atoms with Gasteiger partial charge in [0.25, 0.3) is 0 Å². The first-order valence-electron chi connectivity index (χ1n) is 4.31. The van der Waals surface area contributed by atoms with Gasteiger partial charge in [0.15, 0.2) is 0 Å². The Morgan fingerprint density at radius 3 is 3.07 bits per heavy atom. The van der Waals surface area contributed by atoms with Crippen molar-refractivity contribution in [3.63, 3.8) is 0 Å². The third kappa shape index (κ3) is 3.44. The zero-order valence-electron chi connectivity index (χ0n) is 8.19. The summed E-state index contributed by atoms with van der Waals surface area (Å²) in [4.78, 5) is 14.7. The first-order valence-corrected chi connectivity index (χ1v) is 4.31. The van der Waals surface area contributed by atoms with Crippen molar-refractivity contribution in [2.75, 3.05) is 6.61 Å². The molecule has 0 aliphatic carbocycles. The molecule has 1 aliphatic heterocycles. The number of esters is 1. The maximum atomic E-state index is 10.8. The average Bonchev–Trinajstić information content (AvgIpc) is 2.53. The summed E-state index contributed by atoms with van der Waals surface area (Å²) in [5.41, 5.74) is 1.14. The third-order valence-corrected chi connectivity index (χ3v) is 2.14. The van der Waals surface area contributed by atoms with Crippen molar-refractivity contribution in [3.05, 3.63) is 30.1 Å². The van der Waals surface area contributed by atoms with Gasteiger partial charge in [-0.2, -0.15) is 12.1 Å². The van der Waals surface area contributed by atoms with Gasteiger partial charge in [0.1, 0.15) is 0 Å². The molecule has 1 aromatic rings. The minimum atomic E-state index is -0.0829. The van der Waals surface area contributed by atoms with E-state index in [0.29, 0.717) is 18.9 Å². The maximum absolute atomic E-state index is 10.8. The number of ether oxygens (including phenoxy) is 1. The quantitative estimate of drug-likeness (QED) is 0.325. The molecule has 1 atom stereocenters. The number of carbonyl (C=O) groups is 1. The number of rotatable bonds is 2. The predicted molar refractivity (Wildman–Crippen MR) is 45.8 cm³/mol. The second kappa shape index (κ2) is 5.97. The van der Waals surface area contributed by atoms with Crippen LogP contribution in [0, 0.1) is 12.1 Å². The molecule has 1 aliphatic rings. The molecule has 1 unspecified atom stereocenters. The van der Waals surface area contributed by atoms with E-state index in [0.717, 1.165) is 12.0 Å². The predicted octanol–water partition coefficient (Wildman–Crippen LogP) is -2.01. The van der Waals surface area contributed by atoms with Crippen LogP contribution in [-0.2, 0) is 16.0 Å². The number of aromatic nitrogens is 1. The van der Waals surface area contributed by atoms with E-state index < -0.39 is 0 Å². The fourth-order valence-electron chi connectivity index (χ4n) is 1.50. The molecular formula is C10H10KNO2. The van der Waals surface area contributed by atoms with Gasteiger partial charge in [-0.25, -0.2) is 0 Å². The Labute approximate surface area is 126 Å². The van der Waals surface area contributed by atoms with Gasteiger partial charge in [-0.3, -0.25) is 4.79 Å². The average molecular weight is 215 g/mol. The van der Waals surface area contributed by atoms with Gasteiger partial charge in [0.2, 0.25) is 0 Å². The number of pyridine rings is 1. The number of hydrogen-bond donors (Lipinski definition) is 0. The van der Waals surface area contributed by atoms with E-state index in [1.807, 2.05) is 6.07 Å². The molecule has 1 fully saturated rings. The summed E-state index contributed by atoms with van der Waals surface area (Å²) in [5, 5.41) is 0. The zero-order chi connectivity index (χ0) is 9.10. The van der Waals surface area contributed by atoms with Gasteiger partial charge in [0, 0.05) is 5.92 Å². The molecule has 0 saturated carbocycles. The molecular weight excluding hydrogens is 205 g/mol. The molecule has 0 amide bonds. The van der Waals surface area contributed by atoms with Crippen molar-refractivity contribution in [3.8, 4) is 0 Å². The normalized spacial score (nSPS) is 20.0. The SMILES string of the molecule is O=C1CC(Cc2cc[c-]nc2)CO1.[K+]. The second-order valence-electron chi connectivity index (χ2n) is 3.25. The van der Waals surface area contributed by atoms with Crippen molar-refractivity contribution in [1.82, 2.24) is 4.98 Å². The summed E-state index contributed by atoms with van der Waals surface area (Å²) >= 11 is 0. The fourth-order valence-corrected chi connectivity index (χ4v) is 1.50. The molecule has 0 bridgehead atoms. The van der Waals surface area contributed by atoms with Crippen LogP contribution in [0.5, 0.6) is 0 Å². The summed E-state index contributed by atoms with van der Waals surface area (Å²) in [7, 11) is 0. The van der Waals surface area contributed by atoms with Crippen LogP contribution in [0.25, 0.3) is 0 Å². The Balaban J connectivity index is 0.000000980. The van der Waals surface area contributed by atoms with Crippen molar-refractivity contribution < 1.29 is 60.9 Å². The van der Waals surface area contributed by atoms with E-state index in [1.165, 1.54) is 0 Å².